The van der Waals surface area contributed by atoms with Crippen molar-refractivity contribution in [2.24, 2.45) is 0 Å². The molecule has 2 amide bonds. The van der Waals surface area contributed by atoms with E-state index in [4.69, 9.17) is 9.63 Å². The number of benzene rings is 1. The van der Waals surface area contributed by atoms with Crippen LogP contribution >= 0.6 is 22.6 Å². The maximum atomic E-state index is 11.7. The first-order valence-corrected chi connectivity index (χ1v) is 6.90. The minimum absolute atomic E-state index is 0.0192. The van der Waals surface area contributed by atoms with E-state index in [2.05, 4.69) is 20.8 Å². The highest BCUT2D eigenvalue weighted by atomic mass is 127. The van der Waals surface area contributed by atoms with Gasteiger partial charge in [0, 0.05) is 3.57 Å². The first-order valence-electron chi connectivity index (χ1n) is 5.82. The van der Waals surface area contributed by atoms with Gasteiger partial charge in [-0.1, -0.05) is 5.16 Å². The summed E-state index contributed by atoms with van der Waals surface area (Å²) in [6, 6.07) is 4.14. The lowest BCUT2D eigenvalue weighted by Crippen LogP contribution is -2.29. The number of amides is 2. The highest BCUT2D eigenvalue weighted by Crippen LogP contribution is 2.18. The number of urea groups is 1. The highest BCUT2D eigenvalue weighted by molar-refractivity contribution is 14.1. The molecule has 0 aliphatic carbocycles. The Kier molecular flexibility index (Phi) is 4.73. The second kappa shape index (κ2) is 6.52. The van der Waals surface area contributed by atoms with Gasteiger partial charge in [0.25, 0.3) is 0 Å². The van der Waals surface area contributed by atoms with E-state index in [9.17, 15) is 9.59 Å². The number of aromatic nitrogens is 2. The number of aromatic carboxylic acids is 1. The lowest BCUT2D eigenvalue weighted by atomic mass is 10.2. The molecule has 21 heavy (non-hydrogen) atoms. The monoisotopic (exact) mass is 402 g/mol. The largest absolute Gasteiger partial charge is 0.478 e. The molecule has 1 aromatic carbocycles. The van der Waals surface area contributed by atoms with Crippen LogP contribution < -0.4 is 10.6 Å². The summed E-state index contributed by atoms with van der Waals surface area (Å²) in [5, 5.41) is 17.7. The van der Waals surface area contributed by atoms with E-state index in [-0.39, 0.29) is 23.7 Å². The van der Waals surface area contributed by atoms with Crippen LogP contribution in [-0.4, -0.2) is 27.2 Å². The minimum Gasteiger partial charge on any atom is -0.478 e. The summed E-state index contributed by atoms with van der Waals surface area (Å²) in [6.07, 6.45) is 0. The third kappa shape index (κ3) is 4.15. The standard InChI is InChI=1S/C12H11IN4O4/c1-6-15-10(21-17-6)5-14-12(20)16-9-3-2-7(13)4-8(9)11(18)19/h2-4H,5H2,1H3,(H,18,19)(H2,14,16,20). The molecule has 0 unspecified atom stereocenters. The van der Waals surface area contributed by atoms with E-state index in [1.807, 2.05) is 22.6 Å². The van der Waals surface area contributed by atoms with Gasteiger partial charge >= 0.3 is 12.0 Å². The third-order valence-electron chi connectivity index (χ3n) is 2.43. The van der Waals surface area contributed by atoms with Gasteiger partial charge in [0.15, 0.2) is 5.82 Å². The third-order valence-corrected chi connectivity index (χ3v) is 3.10. The molecule has 1 heterocycles. The summed E-state index contributed by atoms with van der Waals surface area (Å²) >= 11 is 2.00. The van der Waals surface area contributed by atoms with Crippen molar-refractivity contribution in [1.29, 1.82) is 0 Å². The van der Waals surface area contributed by atoms with Crippen LogP contribution in [0, 0.1) is 10.5 Å². The Bertz CT molecular complexity index is 686. The fraction of sp³-hybridized carbons (Fsp3) is 0.167. The SMILES string of the molecule is Cc1noc(CNC(=O)Nc2ccc(I)cc2C(=O)O)n1. The number of anilines is 1. The first-order chi connectivity index (χ1) is 9.95. The van der Waals surface area contributed by atoms with E-state index < -0.39 is 12.0 Å². The number of hydrogen-bond acceptors (Lipinski definition) is 5. The lowest BCUT2D eigenvalue weighted by molar-refractivity contribution is 0.0698. The smallest absolute Gasteiger partial charge is 0.337 e. The van der Waals surface area contributed by atoms with Gasteiger partial charge in [0.05, 0.1) is 17.8 Å². The molecule has 0 saturated heterocycles. The van der Waals surface area contributed by atoms with Gasteiger partial charge in [0.2, 0.25) is 5.89 Å². The van der Waals surface area contributed by atoms with Crippen LogP contribution in [0.15, 0.2) is 22.7 Å². The summed E-state index contributed by atoms with van der Waals surface area (Å²) in [5.41, 5.74) is 0.229. The lowest BCUT2D eigenvalue weighted by Gasteiger charge is -2.09. The summed E-state index contributed by atoms with van der Waals surface area (Å²) in [7, 11) is 0. The molecule has 1 aromatic heterocycles. The van der Waals surface area contributed by atoms with Crippen molar-refractivity contribution in [3.63, 3.8) is 0 Å². The van der Waals surface area contributed by atoms with Gasteiger partial charge < -0.3 is 20.3 Å². The molecule has 3 N–H and O–H groups in total. The van der Waals surface area contributed by atoms with Crippen LogP contribution in [0.25, 0.3) is 0 Å². The average molecular weight is 402 g/mol. The van der Waals surface area contributed by atoms with E-state index in [0.29, 0.717) is 5.82 Å². The average Bonchev–Trinajstić information content (AvgIpc) is 2.84. The van der Waals surface area contributed by atoms with E-state index in [1.165, 1.54) is 12.1 Å². The fourth-order valence-electron chi connectivity index (χ4n) is 1.54. The zero-order chi connectivity index (χ0) is 15.4. The van der Waals surface area contributed by atoms with Crippen LogP contribution in [0.4, 0.5) is 10.5 Å². The second-order valence-corrected chi connectivity index (χ2v) is 5.28. The number of rotatable bonds is 4. The van der Waals surface area contributed by atoms with Gasteiger partial charge in [-0.3, -0.25) is 0 Å². The minimum atomic E-state index is -1.11. The molecule has 2 rings (SSSR count). The van der Waals surface area contributed by atoms with Crippen molar-refractivity contribution in [2.45, 2.75) is 13.5 Å². The van der Waals surface area contributed by atoms with E-state index in [0.717, 1.165) is 3.57 Å². The van der Waals surface area contributed by atoms with Crippen molar-refractivity contribution in [2.75, 3.05) is 5.32 Å². The Hall–Kier alpha value is -2.17. The van der Waals surface area contributed by atoms with Crippen molar-refractivity contribution >= 4 is 40.3 Å². The topological polar surface area (TPSA) is 117 Å². The Balaban J connectivity index is 2.01. The van der Waals surface area contributed by atoms with Crippen molar-refractivity contribution in [3.8, 4) is 0 Å². The number of nitrogens with zero attached hydrogens (tertiary/aromatic N) is 2. The molecule has 0 fully saturated rings. The first kappa shape index (κ1) is 15.2. The number of halogens is 1. The molecule has 0 radical (unpaired) electrons. The maximum Gasteiger partial charge on any atom is 0.337 e. The second-order valence-electron chi connectivity index (χ2n) is 4.04. The number of carboxylic acid groups (broad SMARTS) is 1. The molecule has 0 saturated carbocycles. The van der Waals surface area contributed by atoms with Gasteiger partial charge in [-0.05, 0) is 47.7 Å². The molecule has 0 bridgehead atoms. The number of carbonyl (C=O) groups excluding carboxylic acids is 1. The Labute approximate surface area is 133 Å². The fourth-order valence-corrected chi connectivity index (χ4v) is 2.03. The van der Waals surface area contributed by atoms with Crippen molar-refractivity contribution < 1.29 is 19.2 Å². The van der Waals surface area contributed by atoms with Gasteiger partial charge in [-0.15, -0.1) is 0 Å². The zero-order valence-electron chi connectivity index (χ0n) is 10.9. The molecule has 0 atom stereocenters. The van der Waals surface area contributed by atoms with Crippen LogP contribution in [-0.2, 0) is 6.54 Å². The van der Waals surface area contributed by atoms with Crippen molar-refractivity contribution in [1.82, 2.24) is 15.5 Å². The summed E-state index contributed by atoms with van der Waals surface area (Å²) in [6.45, 7) is 1.72. The highest BCUT2D eigenvalue weighted by Gasteiger charge is 2.13. The van der Waals surface area contributed by atoms with Gasteiger partial charge in [-0.25, -0.2) is 9.59 Å². The number of aryl methyl sites for hydroxylation is 1. The van der Waals surface area contributed by atoms with Crippen molar-refractivity contribution in [3.05, 3.63) is 39.0 Å². The van der Waals surface area contributed by atoms with Gasteiger partial charge in [-0.2, -0.15) is 4.98 Å². The zero-order valence-corrected chi connectivity index (χ0v) is 13.0. The summed E-state index contributed by atoms with van der Waals surface area (Å²) < 4.78 is 5.61. The number of carbonyl (C=O) groups is 2. The molecular weight excluding hydrogens is 391 g/mol. The molecule has 0 aliphatic heterocycles. The molecular formula is C12H11IN4O4. The Morgan fingerprint density at radius 1 is 1.43 bits per heavy atom. The number of hydrogen-bond donors (Lipinski definition) is 3. The molecule has 0 aliphatic rings. The molecule has 8 nitrogen and oxygen atoms in total. The molecule has 2 aromatic rings. The Morgan fingerprint density at radius 3 is 2.81 bits per heavy atom. The van der Waals surface area contributed by atoms with Gasteiger partial charge in [0.1, 0.15) is 0 Å². The number of nitrogens with one attached hydrogen (secondary N) is 2. The summed E-state index contributed by atoms with van der Waals surface area (Å²) in [4.78, 5) is 26.8. The van der Waals surface area contributed by atoms with Crippen LogP contribution in [0.5, 0.6) is 0 Å². The van der Waals surface area contributed by atoms with Crippen LogP contribution in [0.2, 0.25) is 0 Å². The maximum absolute atomic E-state index is 11.7. The van der Waals surface area contributed by atoms with Crippen LogP contribution in [0.3, 0.4) is 0 Å². The quantitative estimate of drug-likeness (QED) is 0.674. The normalized spacial score (nSPS) is 10.2. The molecule has 110 valence electrons. The number of carboxylic acids is 1. The van der Waals surface area contributed by atoms with E-state index >= 15 is 0 Å². The predicted octanol–water partition coefficient (Wildman–Crippen LogP) is 2.00. The summed E-state index contributed by atoms with van der Waals surface area (Å²) in [5.74, 6) is -0.377. The molecule has 0 spiro atoms. The van der Waals surface area contributed by atoms with E-state index in [1.54, 1.807) is 13.0 Å². The predicted molar refractivity (Wildman–Crippen MR) is 81.0 cm³/mol. The van der Waals surface area contributed by atoms with Crippen LogP contribution in [0.1, 0.15) is 22.1 Å². The Morgan fingerprint density at radius 2 is 2.19 bits per heavy atom. The molecule has 9 heteroatoms.